The largest absolute Gasteiger partial charge is 0.490 e. The Labute approximate surface area is 402 Å². The Morgan fingerprint density at radius 2 is 1.37 bits per heavy atom. The van der Waals surface area contributed by atoms with Gasteiger partial charge in [0.05, 0.1) is 31.5 Å². The minimum Gasteiger partial charge on any atom is -0.490 e. The van der Waals surface area contributed by atoms with E-state index >= 15 is 0 Å². The average molecular weight is 966 g/mol. The molecule has 0 fully saturated rings. The van der Waals surface area contributed by atoms with Gasteiger partial charge in [-0.15, -0.1) is 0 Å². The molecule has 0 radical (unpaired) electrons. The number of Topliss-reactive ketones (excluding diaryl/α,β-unsaturated/α-hetero) is 1. The molecule has 1 heterocycles. The van der Waals surface area contributed by atoms with Gasteiger partial charge >= 0.3 is 5.97 Å². The third kappa shape index (κ3) is 17.4. The van der Waals surface area contributed by atoms with Crippen LogP contribution in [0.4, 0.5) is 0 Å². The number of allylic oxidation sites excluding steroid dienone is 5. The molecule has 1 aliphatic heterocycles. The number of hydrogen-bond acceptors (Lipinski definition) is 9. The lowest BCUT2D eigenvalue weighted by Gasteiger charge is -2.45. The van der Waals surface area contributed by atoms with Crippen molar-refractivity contribution in [1.82, 2.24) is 0 Å². The standard InChI is InChI=1S/C53H100O9Si3/c1-25-65(26-2,27-3)62-48-38(8)31-36(6)29-28-30-45(57-19)50(59-51(56)46(58-20)33-37(7)32-39(48)9)42(12)49(61-64(23,24)53(16,17)18)41(11)44(55)34-43(54)40(10)47(35(4)5)60-63(21,22)52(13,14)15/h28-30,32-33,35,38-43,45,47-50,54H,25-27,31,34H2,1-24H3/b30-28?,36-29+,37-32+,46-33+/t38-,39+,40-,41+,42-,43-,45-,47+,48?,49-,50+/m0/s1. The van der Waals surface area contributed by atoms with Crippen molar-refractivity contribution in [2.45, 2.75) is 228 Å². The fourth-order valence-corrected chi connectivity index (χ4v) is 14.7. The average Bonchev–Trinajstić information content (AvgIpc) is 3.20. The van der Waals surface area contributed by atoms with Gasteiger partial charge in [-0.1, -0.05) is 146 Å². The quantitative estimate of drug-likeness (QED) is 0.0942. The van der Waals surface area contributed by atoms with Gasteiger partial charge in [0.2, 0.25) is 5.76 Å². The van der Waals surface area contributed by atoms with Crippen molar-refractivity contribution >= 4 is 36.7 Å². The molecule has 0 aromatic heterocycles. The number of aliphatic hydroxyl groups excluding tert-OH is 1. The van der Waals surface area contributed by atoms with Gasteiger partial charge in [-0.05, 0) is 98.5 Å². The molecule has 0 spiro atoms. The predicted octanol–water partition coefficient (Wildman–Crippen LogP) is 13.6. The second-order valence-corrected chi connectivity index (χ2v) is 37.4. The van der Waals surface area contributed by atoms with Gasteiger partial charge in [0.15, 0.2) is 25.0 Å². The van der Waals surface area contributed by atoms with Crippen molar-refractivity contribution in [1.29, 1.82) is 0 Å². The number of esters is 1. The third-order valence-electron chi connectivity index (χ3n) is 15.6. The molecule has 9 nitrogen and oxygen atoms in total. The van der Waals surface area contributed by atoms with Crippen LogP contribution in [0.15, 0.2) is 47.3 Å². The van der Waals surface area contributed by atoms with Gasteiger partial charge < -0.3 is 32.6 Å². The van der Waals surface area contributed by atoms with Crippen molar-refractivity contribution in [2.24, 2.45) is 35.5 Å². The van der Waals surface area contributed by atoms with Crippen LogP contribution in [-0.4, -0.2) is 92.7 Å². The van der Waals surface area contributed by atoms with E-state index in [4.69, 9.17) is 27.5 Å². The first-order chi connectivity index (χ1) is 29.7. The maximum atomic E-state index is 14.6. The van der Waals surface area contributed by atoms with Crippen LogP contribution in [0.25, 0.3) is 0 Å². The van der Waals surface area contributed by atoms with Crippen molar-refractivity contribution < 1.29 is 42.2 Å². The van der Waals surface area contributed by atoms with Crippen molar-refractivity contribution in [3.63, 3.8) is 0 Å². The first kappa shape index (κ1) is 61.4. The smallest absolute Gasteiger partial charge is 0.373 e. The van der Waals surface area contributed by atoms with Crippen LogP contribution >= 0.6 is 0 Å². The molecule has 0 aromatic rings. The summed E-state index contributed by atoms with van der Waals surface area (Å²) in [5, 5.41) is 11.6. The summed E-state index contributed by atoms with van der Waals surface area (Å²) in [4.78, 5) is 29.0. The minimum absolute atomic E-state index is 0.000830. The number of rotatable bonds is 20. The van der Waals surface area contributed by atoms with E-state index < -0.39 is 67.2 Å². The van der Waals surface area contributed by atoms with Crippen LogP contribution in [0.2, 0.25) is 54.4 Å². The highest BCUT2D eigenvalue weighted by molar-refractivity contribution is 6.74. The van der Waals surface area contributed by atoms with E-state index in [0.717, 1.165) is 30.1 Å². The van der Waals surface area contributed by atoms with E-state index in [-0.39, 0.29) is 63.9 Å². The van der Waals surface area contributed by atoms with Crippen LogP contribution in [0, 0.1) is 35.5 Å². The lowest BCUT2D eigenvalue weighted by molar-refractivity contribution is -0.161. The molecule has 1 aliphatic rings. The SMILES string of the molecule is CC[Si](CC)(CC)OC1[C@H](C)/C=C(C)/C=C(/OC)C(=O)O[C@H]([C@@H](C)[C@@H](O[Si](C)(C)C(C)(C)C)[C@H](C)C(=O)C[C@H](O)[C@H](C)[C@H](O[Si](C)(C)C(C)(C)C)C(C)C)[C@@H](OC)C=C/C=C(\C)C[C@@H]1C. The van der Waals surface area contributed by atoms with E-state index in [2.05, 4.69) is 135 Å². The highest BCUT2D eigenvalue weighted by Gasteiger charge is 2.47. The van der Waals surface area contributed by atoms with Gasteiger partial charge in [-0.3, -0.25) is 4.79 Å². The molecule has 11 atom stereocenters. The molecule has 12 heteroatoms. The Kier molecular flexibility index (Phi) is 24.4. The van der Waals surface area contributed by atoms with E-state index in [1.807, 2.05) is 39.8 Å². The molecule has 1 unspecified atom stereocenters. The number of aliphatic hydroxyl groups is 1. The zero-order chi connectivity index (χ0) is 50.6. The third-order valence-corrected chi connectivity index (χ3v) is 29.2. The van der Waals surface area contributed by atoms with Crippen LogP contribution < -0.4 is 0 Å². The Morgan fingerprint density at radius 1 is 0.862 bits per heavy atom. The first-order valence-electron chi connectivity index (χ1n) is 25.0. The van der Waals surface area contributed by atoms with Crippen LogP contribution in [0.3, 0.4) is 0 Å². The lowest BCUT2D eigenvalue weighted by atomic mass is 9.81. The second-order valence-electron chi connectivity index (χ2n) is 23.1. The highest BCUT2D eigenvalue weighted by Crippen LogP contribution is 2.42. The van der Waals surface area contributed by atoms with Crippen LogP contribution in [-0.2, 0) is 37.1 Å². The summed E-state index contributed by atoms with van der Waals surface area (Å²) < 4.78 is 39.9. The van der Waals surface area contributed by atoms with Crippen LogP contribution in [0.5, 0.6) is 0 Å². The summed E-state index contributed by atoms with van der Waals surface area (Å²) >= 11 is 0. The highest BCUT2D eigenvalue weighted by atomic mass is 28.4. The number of hydrogen-bond donors (Lipinski definition) is 1. The molecule has 0 saturated carbocycles. The summed E-state index contributed by atoms with van der Waals surface area (Å²) in [7, 11) is -3.56. The number of carbonyl (C=O) groups is 2. The Morgan fingerprint density at radius 3 is 1.82 bits per heavy atom. The second kappa shape index (κ2) is 25.8. The summed E-state index contributed by atoms with van der Waals surface area (Å²) in [5.41, 5.74) is 2.08. The molecule has 65 heavy (non-hydrogen) atoms. The van der Waals surface area contributed by atoms with Gasteiger partial charge in [-0.2, -0.15) is 0 Å². The van der Waals surface area contributed by atoms with E-state index in [1.54, 1.807) is 13.2 Å². The van der Waals surface area contributed by atoms with E-state index in [9.17, 15) is 14.7 Å². The number of cyclic esters (lactones) is 1. The molecular formula is C53H100O9Si3. The Hall–Kier alpha value is -1.65. The summed E-state index contributed by atoms with van der Waals surface area (Å²) in [6.07, 6.45) is 7.37. The maximum absolute atomic E-state index is 14.6. The van der Waals surface area contributed by atoms with Crippen LogP contribution in [0.1, 0.15) is 137 Å². The molecule has 378 valence electrons. The summed E-state index contributed by atoms with van der Waals surface area (Å²) in [5.74, 6) is -1.70. The van der Waals surface area contributed by atoms with E-state index in [0.29, 0.717) is 0 Å². The van der Waals surface area contributed by atoms with Crippen molar-refractivity contribution in [2.75, 3.05) is 14.2 Å². The number of ether oxygens (including phenoxy) is 3. The summed E-state index contributed by atoms with van der Waals surface area (Å²) in [6, 6.07) is 3.19. The van der Waals surface area contributed by atoms with Gasteiger partial charge in [0.1, 0.15) is 18.0 Å². The van der Waals surface area contributed by atoms with Gasteiger partial charge in [0, 0.05) is 31.3 Å². The fourth-order valence-electron chi connectivity index (χ4n) is 8.71. The number of carbonyl (C=O) groups excluding carboxylic acids is 2. The molecule has 1 rings (SSSR count). The van der Waals surface area contributed by atoms with E-state index in [1.165, 1.54) is 12.7 Å². The molecular weight excluding hydrogens is 865 g/mol. The molecule has 0 saturated heterocycles. The molecule has 0 aliphatic carbocycles. The molecule has 1 N–H and O–H groups in total. The van der Waals surface area contributed by atoms with Crippen molar-refractivity contribution in [3.05, 3.63) is 47.3 Å². The van der Waals surface area contributed by atoms with Crippen molar-refractivity contribution in [3.8, 4) is 0 Å². The minimum atomic E-state index is -2.54. The number of ketones is 1. The maximum Gasteiger partial charge on any atom is 0.373 e. The van der Waals surface area contributed by atoms with Gasteiger partial charge in [0.25, 0.3) is 0 Å². The number of methoxy groups -OCH3 is 2. The monoisotopic (exact) mass is 965 g/mol. The molecule has 0 amide bonds. The topological polar surface area (TPSA) is 110 Å². The zero-order valence-electron chi connectivity index (χ0n) is 46.1. The fraction of sp³-hybridized carbons (Fsp3) is 0.811. The molecule has 0 bridgehead atoms. The normalized spacial score (nSPS) is 27.0. The Balaban J connectivity index is 3.94. The summed E-state index contributed by atoms with van der Waals surface area (Å²) in [6.45, 7) is 47.5. The molecule has 0 aromatic carbocycles. The first-order valence-corrected chi connectivity index (χ1v) is 33.3. The van der Waals surface area contributed by atoms with Gasteiger partial charge in [-0.25, -0.2) is 4.79 Å². The lowest BCUT2D eigenvalue weighted by Crippen LogP contribution is -2.53. The Bertz CT molecular complexity index is 1610. The predicted molar refractivity (Wildman–Crippen MR) is 280 cm³/mol. The zero-order valence-corrected chi connectivity index (χ0v) is 49.1.